The smallest absolute Gasteiger partial charge is 0.0591 e. The van der Waals surface area contributed by atoms with E-state index in [2.05, 4.69) is 19.2 Å². The van der Waals surface area contributed by atoms with Crippen LogP contribution in [0.2, 0.25) is 0 Å². The lowest BCUT2D eigenvalue weighted by Gasteiger charge is -2.30. The first-order valence-electron chi connectivity index (χ1n) is 7.13. The lowest BCUT2D eigenvalue weighted by molar-refractivity contribution is 0.105. The fourth-order valence-electron chi connectivity index (χ4n) is 2.54. The number of hydrogen-bond acceptors (Lipinski definition) is 3. The van der Waals surface area contributed by atoms with Gasteiger partial charge in [0.15, 0.2) is 0 Å². The summed E-state index contributed by atoms with van der Waals surface area (Å²) in [7, 11) is 0. The molecular formula is C14H29NO2. The zero-order valence-corrected chi connectivity index (χ0v) is 11.5. The number of aliphatic hydroxyl groups excluding tert-OH is 1. The Balaban J connectivity index is 2.01. The maximum absolute atomic E-state index is 9.31. The molecular weight excluding hydrogens is 214 g/mol. The predicted molar refractivity (Wildman–Crippen MR) is 71.1 cm³/mol. The Morgan fingerprint density at radius 3 is 2.59 bits per heavy atom. The van der Waals surface area contributed by atoms with Gasteiger partial charge in [-0.2, -0.15) is 0 Å². The molecule has 1 aliphatic rings. The summed E-state index contributed by atoms with van der Waals surface area (Å²) in [5, 5.41) is 12.8. The number of ether oxygens (including phenoxy) is 1. The highest BCUT2D eigenvalue weighted by molar-refractivity contribution is 4.76. The zero-order valence-electron chi connectivity index (χ0n) is 11.5. The van der Waals surface area contributed by atoms with E-state index in [9.17, 15) is 5.11 Å². The molecule has 0 heterocycles. The summed E-state index contributed by atoms with van der Waals surface area (Å²) in [5.41, 5.74) is 0. The maximum Gasteiger partial charge on any atom is 0.0591 e. The van der Waals surface area contributed by atoms with Crippen LogP contribution < -0.4 is 5.32 Å². The van der Waals surface area contributed by atoms with E-state index >= 15 is 0 Å². The van der Waals surface area contributed by atoms with Crippen LogP contribution in [0.3, 0.4) is 0 Å². The summed E-state index contributed by atoms with van der Waals surface area (Å²) in [6.45, 7) is 8.31. The summed E-state index contributed by atoms with van der Waals surface area (Å²) in [5.74, 6) is 1.80. The van der Waals surface area contributed by atoms with E-state index in [-0.39, 0.29) is 0 Å². The summed E-state index contributed by atoms with van der Waals surface area (Å²) < 4.78 is 5.53. The molecule has 3 heteroatoms. The number of aliphatic hydroxyl groups is 1. The van der Waals surface area contributed by atoms with Crippen molar-refractivity contribution in [1.29, 1.82) is 0 Å². The number of rotatable bonds is 8. The Morgan fingerprint density at radius 1 is 1.24 bits per heavy atom. The van der Waals surface area contributed by atoms with Gasteiger partial charge in [-0.15, -0.1) is 0 Å². The van der Waals surface area contributed by atoms with Crippen molar-refractivity contribution in [3.8, 4) is 0 Å². The molecule has 1 saturated carbocycles. The highest BCUT2D eigenvalue weighted by Crippen LogP contribution is 2.28. The Kier molecular flexibility index (Phi) is 7.82. The quantitative estimate of drug-likeness (QED) is 0.641. The van der Waals surface area contributed by atoms with Gasteiger partial charge in [0.1, 0.15) is 0 Å². The molecule has 2 atom stereocenters. The molecule has 0 saturated heterocycles. The standard InChI is InChI=1S/C14H29NO2/c1-12(2)11-17-8-7-15-9-13-5-3-4-6-14(13)10-16/h12-16H,3-11H2,1-2H3. The monoisotopic (exact) mass is 243 g/mol. The molecule has 1 fully saturated rings. The van der Waals surface area contributed by atoms with Gasteiger partial charge in [-0.1, -0.05) is 26.7 Å². The molecule has 102 valence electrons. The molecule has 0 aromatic rings. The summed E-state index contributed by atoms with van der Waals surface area (Å²) in [6.07, 6.45) is 5.09. The summed E-state index contributed by atoms with van der Waals surface area (Å²) >= 11 is 0. The molecule has 2 unspecified atom stereocenters. The highest BCUT2D eigenvalue weighted by atomic mass is 16.5. The van der Waals surface area contributed by atoms with Crippen molar-refractivity contribution in [1.82, 2.24) is 5.32 Å². The van der Waals surface area contributed by atoms with E-state index in [1.54, 1.807) is 0 Å². The van der Waals surface area contributed by atoms with Crippen LogP contribution in [0.4, 0.5) is 0 Å². The third kappa shape index (κ3) is 6.39. The van der Waals surface area contributed by atoms with Crippen molar-refractivity contribution < 1.29 is 9.84 Å². The van der Waals surface area contributed by atoms with Crippen molar-refractivity contribution in [2.24, 2.45) is 17.8 Å². The molecule has 2 N–H and O–H groups in total. The zero-order chi connectivity index (χ0) is 12.5. The SMILES string of the molecule is CC(C)COCCNCC1CCCCC1CO. The molecule has 0 spiro atoms. The van der Waals surface area contributed by atoms with Crippen molar-refractivity contribution in [2.45, 2.75) is 39.5 Å². The van der Waals surface area contributed by atoms with E-state index in [1.165, 1.54) is 25.7 Å². The van der Waals surface area contributed by atoms with Gasteiger partial charge in [-0.25, -0.2) is 0 Å². The van der Waals surface area contributed by atoms with Crippen LogP contribution in [0.15, 0.2) is 0 Å². The first kappa shape index (κ1) is 14.9. The van der Waals surface area contributed by atoms with Gasteiger partial charge in [-0.05, 0) is 37.1 Å². The van der Waals surface area contributed by atoms with E-state index in [0.717, 1.165) is 26.3 Å². The minimum atomic E-state index is 0.357. The van der Waals surface area contributed by atoms with Gasteiger partial charge in [-0.3, -0.25) is 0 Å². The average Bonchev–Trinajstić information content (AvgIpc) is 2.33. The Labute approximate surface area is 106 Å². The van der Waals surface area contributed by atoms with Crippen molar-refractivity contribution in [2.75, 3.05) is 32.9 Å². The topological polar surface area (TPSA) is 41.5 Å². The fourth-order valence-corrected chi connectivity index (χ4v) is 2.54. The molecule has 0 amide bonds. The summed E-state index contributed by atoms with van der Waals surface area (Å²) in [6, 6.07) is 0. The molecule has 0 aromatic heterocycles. The van der Waals surface area contributed by atoms with Crippen LogP contribution in [0.1, 0.15) is 39.5 Å². The van der Waals surface area contributed by atoms with Crippen LogP contribution in [-0.2, 0) is 4.74 Å². The Bertz CT molecular complexity index is 185. The third-order valence-electron chi connectivity index (χ3n) is 3.58. The second-order valence-electron chi connectivity index (χ2n) is 5.66. The second kappa shape index (κ2) is 8.90. The van der Waals surface area contributed by atoms with Crippen LogP contribution >= 0.6 is 0 Å². The predicted octanol–water partition coefficient (Wildman–Crippen LogP) is 2.05. The normalized spacial score (nSPS) is 25.4. The Hall–Kier alpha value is -0.120. The van der Waals surface area contributed by atoms with Crippen LogP contribution in [0.25, 0.3) is 0 Å². The fraction of sp³-hybridized carbons (Fsp3) is 1.00. The van der Waals surface area contributed by atoms with Gasteiger partial charge in [0, 0.05) is 19.8 Å². The van der Waals surface area contributed by atoms with Gasteiger partial charge in [0.2, 0.25) is 0 Å². The van der Waals surface area contributed by atoms with Crippen molar-refractivity contribution in [3.05, 3.63) is 0 Å². The van der Waals surface area contributed by atoms with Crippen LogP contribution in [-0.4, -0.2) is 38.0 Å². The number of nitrogens with one attached hydrogen (secondary N) is 1. The van der Waals surface area contributed by atoms with Gasteiger partial charge < -0.3 is 15.2 Å². The van der Waals surface area contributed by atoms with Crippen molar-refractivity contribution in [3.63, 3.8) is 0 Å². The largest absolute Gasteiger partial charge is 0.396 e. The van der Waals surface area contributed by atoms with E-state index < -0.39 is 0 Å². The van der Waals surface area contributed by atoms with Crippen LogP contribution in [0, 0.1) is 17.8 Å². The van der Waals surface area contributed by atoms with E-state index in [0.29, 0.717) is 24.4 Å². The van der Waals surface area contributed by atoms with Crippen LogP contribution in [0.5, 0.6) is 0 Å². The summed E-state index contributed by atoms with van der Waals surface area (Å²) in [4.78, 5) is 0. The van der Waals surface area contributed by atoms with E-state index in [1.807, 2.05) is 0 Å². The molecule has 0 radical (unpaired) electrons. The van der Waals surface area contributed by atoms with Gasteiger partial charge in [0.05, 0.1) is 6.61 Å². The molecule has 1 aliphatic carbocycles. The second-order valence-corrected chi connectivity index (χ2v) is 5.66. The first-order valence-corrected chi connectivity index (χ1v) is 7.13. The molecule has 0 aromatic carbocycles. The average molecular weight is 243 g/mol. The van der Waals surface area contributed by atoms with Crippen molar-refractivity contribution >= 4 is 0 Å². The lowest BCUT2D eigenvalue weighted by atomic mass is 9.80. The maximum atomic E-state index is 9.31. The molecule has 1 rings (SSSR count). The third-order valence-corrected chi connectivity index (χ3v) is 3.58. The molecule has 17 heavy (non-hydrogen) atoms. The lowest BCUT2D eigenvalue weighted by Crippen LogP contribution is -2.33. The molecule has 0 aliphatic heterocycles. The minimum absolute atomic E-state index is 0.357. The minimum Gasteiger partial charge on any atom is -0.396 e. The number of hydrogen-bond donors (Lipinski definition) is 2. The first-order chi connectivity index (χ1) is 8.24. The molecule has 0 bridgehead atoms. The van der Waals surface area contributed by atoms with Gasteiger partial charge in [0.25, 0.3) is 0 Å². The Morgan fingerprint density at radius 2 is 1.94 bits per heavy atom. The van der Waals surface area contributed by atoms with E-state index in [4.69, 9.17) is 4.74 Å². The highest BCUT2D eigenvalue weighted by Gasteiger charge is 2.23. The van der Waals surface area contributed by atoms with Gasteiger partial charge >= 0.3 is 0 Å². The molecule has 3 nitrogen and oxygen atoms in total.